The molecule has 0 aliphatic heterocycles. The van der Waals surface area contributed by atoms with Crippen molar-refractivity contribution in [2.24, 2.45) is 0 Å². The first-order chi connectivity index (χ1) is 7.36. The number of nitriles is 1. The molecule has 0 aromatic carbocycles. The average Bonchev–Trinajstić information content (AvgIpc) is 2.16. The molecule has 1 heterocycles. The summed E-state index contributed by atoms with van der Waals surface area (Å²) >= 11 is 5.53. The summed E-state index contributed by atoms with van der Waals surface area (Å²) < 4.78 is 37.0. The average molecular weight is 251 g/mol. The highest BCUT2D eigenvalue weighted by Crippen LogP contribution is 2.32. The molecule has 0 radical (unpaired) electrons. The fourth-order valence-corrected chi connectivity index (χ4v) is 1.28. The molecule has 16 heavy (non-hydrogen) atoms. The highest BCUT2D eigenvalue weighted by molar-refractivity contribution is 6.30. The molecule has 1 unspecified atom stereocenters. The molecule has 3 nitrogen and oxygen atoms in total. The lowest BCUT2D eigenvalue weighted by molar-refractivity contribution is -0.137. The Morgan fingerprint density at radius 1 is 1.56 bits per heavy atom. The predicted octanol–water partition coefficient (Wildman–Crippen LogP) is 2.70. The molecule has 0 amide bonds. The van der Waals surface area contributed by atoms with Crippen LogP contribution in [-0.2, 0) is 6.18 Å². The van der Waals surface area contributed by atoms with E-state index in [0.717, 1.165) is 0 Å². The van der Waals surface area contributed by atoms with Gasteiger partial charge in [0.05, 0.1) is 24.2 Å². The van der Waals surface area contributed by atoms with Gasteiger partial charge < -0.3 is 5.11 Å². The summed E-state index contributed by atoms with van der Waals surface area (Å²) in [6.07, 6.45) is -5.70. The monoisotopic (exact) mass is 250 g/mol. The van der Waals surface area contributed by atoms with Crippen molar-refractivity contribution in [1.82, 2.24) is 4.98 Å². The van der Waals surface area contributed by atoms with E-state index >= 15 is 0 Å². The zero-order valence-corrected chi connectivity index (χ0v) is 8.55. The normalized spacial score (nSPS) is 13.2. The topological polar surface area (TPSA) is 56.9 Å². The smallest absolute Gasteiger partial charge is 0.387 e. The third-order valence-electron chi connectivity index (χ3n) is 1.84. The second kappa shape index (κ2) is 4.68. The molecule has 1 aromatic heterocycles. The van der Waals surface area contributed by atoms with E-state index in [1.165, 1.54) is 0 Å². The van der Waals surface area contributed by atoms with Crippen LogP contribution < -0.4 is 0 Å². The third-order valence-corrected chi connectivity index (χ3v) is 2.15. The number of aliphatic hydroxyl groups excluding tert-OH is 1. The fourth-order valence-electron chi connectivity index (χ4n) is 1.05. The van der Waals surface area contributed by atoms with Gasteiger partial charge in [-0.2, -0.15) is 18.4 Å². The summed E-state index contributed by atoms with van der Waals surface area (Å²) in [4.78, 5) is 3.32. The number of aliphatic hydroxyl groups is 1. The maximum absolute atomic E-state index is 12.3. The van der Waals surface area contributed by atoms with Gasteiger partial charge in [-0.3, -0.25) is 0 Å². The van der Waals surface area contributed by atoms with Crippen molar-refractivity contribution < 1.29 is 18.3 Å². The SMILES string of the molecule is N#CCC(O)c1cc(C(F)(F)F)cnc1Cl. The molecule has 1 atom stereocenters. The molecule has 86 valence electrons. The van der Waals surface area contributed by atoms with E-state index in [0.29, 0.717) is 12.3 Å². The first-order valence-electron chi connectivity index (χ1n) is 4.14. The number of alkyl halides is 3. The van der Waals surface area contributed by atoms with E-state index in [-0.39, 0.29) is 17.1 Å². The van der Waals surface area contributed by atoms with Crippen LogP contribution in [0.3, 0.4) is 0 Å². The van der Waals surface area contributed by atoms with Crippen LogP contribution in [0, 0.1) is 11.3 Å². The second-order valence-corrected chi connectivity index (χ2v) is 3.34. The first-order valence-corrected chi connectivity index (χ1v) is 4.51. The van der Waals surface area contributed by atoms with Crippen LogP contribution in [0.1, 0.15) is 23.7 Å². The maximum Gasteiger partial charge on any atom is 0.417 e. The van der Waals surface area contributed by atoms with Crippen molar-refractivity contribution in [3.05, 3.63) is 28.5 Å². The minimum atomic E-state index is -4.56. The molecule has 0 aliphatic rings. The number of aromatic nitrogens is 1. The number of hydrogen-bond donors (Lipinski definition) is 1. The van der Waals surface area contributed by atoms with Crippen LogP contribution in [0.15, 0.2) is 12.3 Å². The fraction of sp³-hybridized carbons (Fsp3) is 0.333. The van der Waals surface area contributed by atoms with Crippen LogP contribution in [0.5, 0.6) is 0 Å². The number of rotatable bonds is 2. The van der Waals surface area contributed by atoms with Gasteiger partial charge in [-0.25, -0.2) is 4.98 Å². The Kier molecular flexibility index (Phi) is 3.73. The van der Waals surface area contributed by atoms with Crippen LogP contribution in [0.4, 0.5) is 13.2 Å². The molecule has 0 fully saturated rings. The Hall–Kier alpha value is -1.32. The van der Waals surface area contributed by atoms with Gasteiger partial charge in [0.25, 0.3) is 0 Å². The minimum Gasteiger partial charge on any atom is -0.387 e. The molecule has 0 bridgehead atoms. The molecular weight excluding hydrogens is 245 g/mol. The standard InChI is InChI=1S/C9H6ClF3N2O/c10-8-6(7(16)1-2-14)3-5(4-15-8)9(11,12)13/h3-4,7,16H,1H2. The van der Waals surface area contributed by atoms with Crippen LogP contribution in [-0.4, -0.2) is 10.1 Å². The maximum atomic E-state index is 12.3. The number of pyridine rings is 1. The van der Waals surface area contributed by atoms with Gasteiger partial charge in [-0.1, -0.05) is 11.6 Å². The van der Waals surface area contributed by atoms with Crippen molar-refractivity contribution in [2.45, 2.75) is 18.7 Å². The minimum absolute atomic E-state index is 0.196. The van der Waals surface area contributed by atoms with Crippen LogP contribution in [0.2, 0.25) is 5.15 Å². The molecule has 1 N–H and O–H groups in total. The molecule has 7 heteroatoms. The summed E-state index contributed by atoms with van der Waals surface area (Å²) in [5.74, 6) is 0. The highest BCUT2D eigenvalue weighted by atomic mass is 35.5. The van der Waals surface area contributed by atoms with Crippen molar-refractivity contribution in [3.8, 4) is 6.07 Å². The summed E-state index contributed by atoms with van der Waals surface area (Å²) in [5.41, 5.74) is -1.21. The van der Waals surface area contributed by atoms with Crippen molar-refractivity contribution >= 4 is 11.6 Å². The lowest BCUT2D eigenvalue weighted by Crippen LogP contribution is -2.08. The lowest BCUT2D eigenvalue weighted by atomic mass is 10.1. The summed E-state index contributed by atoms with van der Waals surface area (Å²) in [7, 11) is 0. The first kappa shape index (κ1) is 12.7. The van der Waals surface area contributed by atoms with E-state index in [4.69, 9.17) is 16.9 Å². The van der Waals surface area contributed by atoms with Gasteiger partial charge in [0.1, 0.15) is 5.15 Å². The van der Waals surface area contributed by atoms with Crippen molar-refractivity contribution in [2.75, 3.05) is 0 Å². The predicted molar refractivity (Wildman–Crippen MR) is 49.4 cm³/mol. The molecule has 1 rings (SSSR count). The molecular formula is C9H6ClF3N2O. The van der Waals surface area contributed by atoms with Crippen LogP contribution >= 0.6 is 11.6 Å². The Balaban J connectivity index is 3.15. The summed E-state index contributed by atoms with van der Waals surface area (Å²) in [5, 5.41) is 17.5. The lowest BCUT2D eigenvalue weighted by Gasteiger charge is -2.12. The number of hydrogen-bond acceptors (Lipinski definition) is 3. The Labute approximate surface area is 94.1 Å². The van der Waals surface area contributed by atoms with Gasteiger partial charge in [-0.15, -0.1) is 0 Å². The van der Waals surface area contributed by atoms with E-state index in [1.54, 1.807) is 6.07 Å². The van der Waals surface area contributed by atoms with Gasteiger partial charge >= 0.3 is 6.18 Å². The molecule has 0 aliphatic carbocycles. The van der Waals surface area contributed by atoms with Crippen LogP contribution in [0.25, 0.3) is 0 Å². The molecule has 1 aromatic rings. The van der Waals surface area contributed by atoms with Gasteiger partial charge in [0.15, 0.2) is 0 Å². The van der Waals surface area contributed by atoms with Gasteiger partial charge in [0.2, 0.25) is 0 Å². The third kappa shape index (κ3) is 2.84. The Morgan fingerprint density at radius 2 is 2.19 bits per heavy atom. The second-order valence-electron chi connectivity index (χ2n) is 2.98. The van der Waals surface area contributed by atoms with E-state index in [1.807, 2.05) is 0 Å². The Bertz CT molecular complexity index is 428. The zero-order chi connectivity index (χ0) is 12.3. The largest absolute Gasteiger partial charge is 0.417 e. The number of nitrogens with zero attached hydrogens (tertiary/aromatic N) is 2. The highest BCUT2D eigenvalue weighted by Gasteiger charge is 2.32. The van der Waals surface area contributed by atoms with Gasteiger partial charge in [-0.05, 0) is 6.07 Å². The van der Waals surface area contributed by atoms with E-state index in [9.17, 15) is 18.3 Å². The molecule has 0 saturated carbocycles. The van der Waals surface area contributed by atoms with E-state index < -0.39 is 17.8 Å². The zero-order valence-electron chi connectivity index (χ0n) is 7.79. The molecule has 0 spiro atoms. The van der Waals surface area contributed by atoms with Crippen molar-refractivity contribution in [1.29, 1.82) is 5.26 Å². The van der Waals surface area contributed by atoms with Crippen molar-refractivity contribution in [3.63, 3.8) is 0 Å². The summed E-state index contributed by atoms with van der Waals surface area (Å²) in [6, 6.07) is 2.33. The quantitative estimate of drug-likeness (QED) is 0.821. The van der Waals surface area contributed by atoms with Gasteiger partial charge in [0, 0.05) is 11.8 Å². The molecule has 0 saturated heterocycles. The summed E-state index contributed by atoms with van der Waals surface area (Å²) in [6.45, 7) is 0. The number of halogens is 4. The van der Waals surface area contributed by atoms with E-state index in [2.05, 4.69) is 4.98 Å². The Morgan fingerprint density at radius 3 is 2.69 bits per heavy atom.